The molecule has 4 heterocycles. The first kappa shape index (κ1) is 45.1. The third kappa shape index (κ3) is 9.36. The molecule has 2 saturated heterocycles. The number of nitrogens with zero attached hydrogens (tertiary/aromatic N) is 4. The fourth-order valence-corrected chi connectivity index (χ4v) is 10.8. The van der Waals surface area contributed by atoms with Gasteiger partial charge in [-0.2, -0.15) is 8.61 Å². The van der Waals surface area contributed by atoms with Gasteiger partial charge >= 0.3 is 5.97 Å². The average molecular weight is 922 g/mol. The number of rotatable bonds is 14. The number of benzene rings is 4. The van der Waals surface area contributed by atoms with Crippen molar-refractivity contribution in [3.05, 3.63) is 129 Å². The average Bonchev–Trinajstić information content (AvgIpc) is 3.90. The molecule has 0 spiro atoms. The number of nitrogens with two attached hydrogens (primary N) is 1. The van der Waals surface area contributed by atoms with E-state index in [2.05, 4.69) is 9.97 Å². The number of nitrogens with one attached hydrogen (secondary N) is 2. The number of morpholine rings is 2. The molecule has 22 nitrogen and oxygen atoms in total. The number of carboxylic acids is 1. The maximum Gasteiger partial charge on any atom is 0.353 e. The summed E-state index contributed by atoms with van der Waals surface area (Å²) >= 11 is 0. The topological polar surface area (TPSA) is 310 Å². The van der Waals surface area contributed by atoms with E-state index in [4.69, 9.17) is 24.7 Å². The van der Waals surface area contributed by atoms with Gasteiger partial charge in [0.25, 0.3) is 17.3 Å². The van der Waals surface area contributed by atoms with E-state index in [1.54, 1.807) is 36.4 Å². The number of nitro benzene ring substituents is 2. The molecule has 2 fully saturated rings. The molecule has 2 aliphatic rings. The number of aromatic amines is 2. The van der Waals surface area contributed by atoms with Crippen LogP contribution in [0.15, 0.2) is 107 Å². The Morgan fingerprint density at radius 3 is 1.47 bits per heavy atom. The van der Waals surface area contributed by atoms with Crippen molar-refractivity contribution in [1.29, 1.82) is 0 Å². The predicted octanol–water partition coefficient (Wildman–Crippen LogP) is 3.89. The molecule has 24 heteroatoms. The summed E-state index contributed by atoms with van der Waals surface area (Å²) in [6.07, 6.45) is -1.12. The van der Waals surface area contributed by atoms with Gasteiger partial charge in [0.1, 0.15) is 69.1 Å². The van der Waals surface area contributed by atoms with Gasteiger partial charge in [0.15, 0.2) is 0 Å². The molecule has 1 amide bonds. The molecule has 6 aromatic rings. The molecular formula is C40H39N7O15S2. The highest BCUT2D eigenvalue weighted by atomic mass is 32.2. The Kier molecular flexibility index (Phi) is 13.2. The molecule has 0 unspecified atom stereocenters. The Morgan fingerprint density at radius 2 is 1.08 bits per heavy atom. The zero-order chi connectivity index (χ0) is 45.8. The van der Waals surface area contributed by atoms with Gasteiger partial charge in [0.05, 0.1) is 23.1 Å². The molecule has 0 saturated carbocycles. The number of amides is 1. The van der Waals surface area contributed by atoms with E-state index < -0.39 is 75.9 Å². The Labute approximate surface area is 363 Å². The van der Waals surface area contributed by atoms with Crippen molar-refractivity contribution in [3.8, 4) is 11.5 Å². The Bertz CT molecular complexity index is 2750. The number of aromatic carboxylic acids is 1. The van der Waals surface area contributed by atoms with Crippen LogP contribution in [0.3, 0.4) is 0 Å². The Morgan fingerprint density at radius 1 is 0.672 bits per heavy atom. The minimum Gasteiger partial charge on any atom is -0.491 e. The molecule has 0 radical (unpaired) electrons. The van der Waals surface area contributed by atoms with Crippen LogP contribution in [0.4, 0.5) is 11.4 Å². The van der Waals surface area contributed by atoms with Gasteiger partial charge in [-0.1, -0.05) is 60.7 Å². The number of hydrogen-bond donors (Lipinski definition) is 4. The summed E-state index contributed by atoms with van der Waals surface area (Å²) in [7, 11) is -8.55. The number of nitro groups is 2. The molecule has 336 valence electrons. The molecule has 4 aromatic carbocycles. The number of fused-ring (bicyclic) bond motifs is 2. The number of carbonyl (C=O) groups excluding carboxylic acids is 1. The lowest BCUT2D eigenvalue weighted by Crippen LogP contribution is -2.47. The fraction of sp³-hybridized carbons (Fsp3) is 0.250. The number of primary amides is 1. The second kappa shape index (κ2) is 18.8. The molecule has 0 bridgehead atoms. The second-order valence-electron chi connectivity index (χ2n) is 14.2. The minimum absolute atomic E-state index is 0.00479. The van der Waals surface area contributed by atoms with Crippen LogP contribution in [0.5, 0.6) is 11.5 Å². The largest absolute Gasteiger partial charge is 0.491 e. The van der Waals surface area contributed by atoms with Crippen molar-refractivity contribution < 1.29 is 60.3 Å². The number of carbonyl (C=O) groups is 2. The smallest absolute Gasteiger partial charge is 0.353 e. The van der Waals surface area contributed by atoms with E-state index >= 15 is 0 Å². The molecule has 0 aliphatic carbocycles. The van der Waals surface area contributed by atoms with Crippen molar-refractivity contribution in [2.45, 2.75) is 22.0 Å². The molecule has 2 aliphatic heterocycles. The van der Waals surface area contributed by atoms with Crippen LogP contribution in [-0.4, -0.2) is 127 Å². The number of H-pyrrole nitrogens is 2. The number of carboxylic acid groups (broad SMARTS) is 1. The summed E-state index contributed by atoms with van der Waals surface area (Å²) in [5, 5.41) is 32.3. The molecular weight excluding hydrogens is 883 g/mol. The van der Waals surface area contributed by atoms with Gasteiger partial charge in [0, 0.05) is 49.1 Å². The van der Waals surface area contributed by atoms with Crippen LogP contribution in [0.1, 0.15) is 21.0 Å². The summed E-state index contributed by atoms with van der Waals surface area (Å²) in [4.78, 5) is 49.2. The lowest BCUT2D eigenvalue weighted by molar-refractivity contribution is -0.383. The second-order valence-corrected chi connectivity index (χ2v) is 18.0. The van der Waals surface area contributed by atoms with Gasteiger partial charge < -0.3 is 39.8 Å². The monoisotopic (exact) mass is 921 g/mol. The number of para-hydroxylation sites is 4. The Hall–Kier alpha value is -6.96. The lowest BCUT2D eigenvalue weighted by Gasteiger charge is -2.32. The van der Waals surface area contributed by atoms with Crippen molar-refractivity contribution in [1.82, 2.24) is 18.6 Å². The Balaban J connectivity index is 0.000000191. The van der Waals surface area contributed by atoms with Crippen LogP contribution >= 0.6 is 0 Å². The minimum atomic E-state index is -4.32. The highest BCUT2D eigenvalue weighted by molar-refractivity contribution is 7.89. The summed E-state index contributed by atoms with van der Waals surface area (Å²) < 4.78 is 78.8. The third-order valence-electron chi connectivity index (χ3n) is 10.1. The number of non-ortho nitro benzene ring substituents is 2. The first-order valence-corrected chi connectivity index (χ1v) is 22.2. The summed E-state index contributed by atoms with van der Waals surface area (Å²) in [5.41, 5.74) is 3.36. The number of ether oxygens (including phenoxy) is 4. The van der Waals surface area contributed by atoms with E-state index in [9.17, 15) is 51.8 Å². The van der Waals surface area contributed by atoms with Crippen molar-refractivity contribution in [3.63, 3.8) is 0 Å². The van der Waals surface area contributed by atoms with Gasteiger partial charge in [-0.05, 0) is 24.3 Å². The van der Waals surface area contributed by atoms with Gasteiger partial charge in [-0.15, -0.1) is 0 Å². The van der Waals surface area contributed by atoms with E-state index in [0.29, 0.717) is 11.5 Å². The third-order valence-corrected chi connectivity index (χ3v) is 14.0. The van der Waals surface area contributed by atoms with Crippen LogP contribution in [0.25, 0.3) is 21.8 Å². The first-order valence-electron chi connectivity index (χ1n) is 19.3. The lowest BCUT2D eigenvalue weighted by atomic mass is 10.2. The molecule has 2 aromatic heterocycles. The normalized spacial score (nSPS) is 17.3. The standard InChI is InChI=1S/C20H20N4O7S.C20H19N3O8S/c21-20(25)18-19(15-7-4-8-16(24(26)27)17(15)22-18)32(28,29)23-9-10-30-14(11-23)12-31-13-5-2-1-3-6-13;24-20(25)18-19(15-7-4-8-16(23(26)27)17(15)21-18)32(28,29)22-9-10-30-14(11-22)12-31-13-5-2-1-3-6-13/h1-8,14,22H,9-12H2,(H2,21,25);1-8,14,21H,9-12H2,(H,24,25)/t2*14-/m00/s1. The number of hydrogen-bond acceptors (Lipinski definition) is 14. The number of sulfonamides is 2. The van der Waals surface area contributed by atoms with Crippen molar-refractivity contribution >= 4 is 65.1 Å². The molecule has 64 heavy (non-hydrogen) atoms. The first-order chi connectivity index (χ1) is 30.6. The quantitative estimate of drug-likeness (QED) is 0.0890. The summed E-state index contributed by atoms with van der Waals surface area (Å²) in [5.74, 6) is -1.35. The molecule has 5 N–H and O–H groups in total. The molecule has 2 atom stereocenters. The molecule has 8 rings (SSSR count). The van der Waals surface area contributed by atoms with Crippen molar-refractivity contribution in [2.24, 2.45) is 5.73 Å². The summed E-state index contributed by atoms with van der Waals surface area (Å²) in [6, 6.07) is 25.8. The SMILES string of the molecule is NC(=O)c1[nH]c2c([N+](=O)[O-])cccc2c1S(=O)(=O)N1CCO[C@H](COc2ccccc2)C1.O=C(O)c1[nH]c2c([N+](=O)[O-])cccc2c1S(=O)(=O)N1CCO[C@H](COc2ccccc2)C1. The van der Waals surface area contributed by atoms with E-state index in [0.717, 1.165) is 4.31 Å². The van der Waals surface area contributed by atoms with E-state index in [-0.39, 0.29) is 85.0 Å². The maximum absolute atomic E-state index is 13.5. The summed E-state index contributed by atoms with van der Waals surface area (Å²) in [6.45, 7) is 0.405. The number of aromatic nitrogens is 2. The predicted molar refractivity (Wildman–Crippen MR) is 226 cm³/mol. The van der Waals surface area contributed by atoms with Gasteiger partial charge in [0.2, 0.25) is 20.0 Å². The van der Waals surface area contributed by atoms with Crippen molar-refractivity contribution in [2.75, 3.05) is 52.6 Å². The highest BCUT2D eigenvalue weighted by Crippen LogP contribution is 2.36. The van der Waals surface area contributed by atoms with Crippen LogP contribution < -0.4 is 15.2 Å². The van der Waals surface area contributed by atoms with E-state index in [1.807, 2.05) is 24.3 Å². The maximum atomic E-state index is 13.5. The zero-order valence-corrected chi connectivity index (χ0v) is 35.0. The van der Waals surface area contributed by atoms with Crippen LogP contribution in [0, 0.1) is 20.2 Å². The van der Waals surface area contributed by atoms with Gasteiger partial charge in [-0.3, -0.25) is 25.0 Å². The van der Waals surface area contributed by atoms with Gasteiger partial charge in [-0.25, -0.2) is 21.6 Å². The van der Waals surface area contributed by atoms with Crippen LogP contribution in [-0.2, 0) is 29.5 Å². The van der Waals surface area contributed by atoms with Crippen LogP contribution in [0.2, 0.25) is 0 Å². The highest BCUT2D eigenvalue weighted by Gasteiger charge is 2.39. The zero-order valence-electron chi connectivity index (χ0n) is 33.4. The van der Waals surface area contributed by atoms with E-state index in [1.165, 1.54) is 40.7 Å². The fourth-order valence-electron chi connectivity index (χ4n) is 7.21.